The standard InChI is InChI=1S/C20H20FN3O3.2ClH/c21-16-6-4-15(5-7-16)19-17(26-20(25)27-19)8-10-23-11-13-24(14-12-23)18-3-1-2-9-22-18;;/h1-7,9H,8,10-14H2;2*1H. The van der Waals surface area contributed by atoms with Gasteiger partial charge in [-0.15, -0.1) is 24.8 Å². The van der Waals surface area contributed by atoms with E-state index < -0.39 is 5.82 Å². The quantitative estimate of drug-likeness (QED) is 0.602. The molecule has 9 heteroatoms. The van der Waals surface area contributed by atoms with Crippen LogP contribution in [0.25, 0.3) is 11.3 Å². The Morgan fingerprint density at radius 1 is 0.966 bits per heavy atom. The van der Waals surface area contributed by atoms with Crippen molar-refractivity contribution in [2.24, 2.45) is 0 Å². The van der Waals surface area contributed by atoms with Crippen molar-refractivity contribution in [1.29, 1.82) is 0 Å². The maximum atomic E-state index is 13.1. The molecule has 0 bridgehead atoms. The van der Waals surface area contributed by atoms with Crippen LogP contribution in [0.4, 0.5) is 10.2 Å². The smallest absolute Gasteiger partial charge is 0.395 e. The number of aromatic nitrogens is 1. The first kappa shape index (κ1) is 22.9. The molecular formula is C20H22Cl2FN3O3. The highest BCUT2D eigenvalue weighted by molar-refractivity contribution is 5.85. The fourth-order valence-corrected chi connectivity index (χ4v) is 3.29. The molecular weight excluding hydrogens is 420 g/mol. The largest absolute Gasteiger partial charge is 0.519 e. The Bertz CT molecular complexity index is 940. The number of benzene rings is 1. The third-order valence-corrected chi connectivity index (χ3v) is 4.75. The zero-order valence-corrected chi connectivity index (χ0v) is 17.3. The van der Waals surface area contributed by atoms with Gasteiger partial charge in [-0.1, -0.05) is 6.07 Å². The van der Waals surface area contributed by atoms with Crippen molar-refractivity contribution in [3.8, 4) is 11.3 Å². The van der Waals surface area contributed by atoms with Gasteiger partial charge < -0.3 is 13.7 Å². The van der Waals surface area contributed by atoms with E-state index in [1.165, 1.54) is 12.1 Å². The summed E-state index contributed by atoms with van der Waals surface area (Å²) in [6.45, 7) is 4.37. The Labute approximate surface area is 180 Å². The molecule has 0 atom stereocenters. The second kappa shape index (κ2) is 10.4. The predicted molar refractivity (Wildman–Crippen MR) is 114 cm³/mol. The SMILES string of the molecule is Cl.Cl.O=c1oc(CCN2CCN(c3ccccn3)CC2)c(-c2ccc(F)cc2)o1. The first-order valence-electron chi connectivity index (χ1n) is 8.96. The van der Waals surface area contributed by atoms with Gasteiger partial charge in [0.25, 0.3) is 0 Å². The number of piperazine rings is 1. The number of hydrogen-bond donors (Lipinski definition) is 0. The molecule has 3 aromatic rings. The molecule has 1 saturated heterocycles. The summed E-state index contributed by atoms with van der Waals surface area (Å²) >= 11 is 0. The monoisotopic (exact) mass is 441 g/mol. The molecule has 3 heterocycles. The lowest BCUT2D eigenvalue weighted by Crippen LogP contribution is -2.47. The van der Waals surface area contributed by atoms with E-state index in [-0.39, 0.29) is 30.6 Å². The number of pyridine rings is 1. The summed E-state index contributed by atoms with van der Waals surface area (Å²) in [6, 6.07) is 11.8. The molecule has 0 amide bonds. The summed E-state index contributed by atoms with van der Waals surface area (Å²) in [5, 5.41) is 0. The van der Waals surface area contributed by atoms with E-state index in [4.69, 9.17) is 8.83 Å². The molecule has 1 fully saturated rings. The fourth-order valence-electron chi connectivity index (χ4n) is 3.29. The predicted octanol–water partition coefficient (Wildman–Crippen LogP) is 3.64. The lowest BCUT2D eigenvalue weighted by molar-refractivity contribution is 0.253. The Balaban J connectivity index is 0.00000150. The summed E-state index contributed by atoms with van der Waals surface area (Å²) in [6.07, 6.45) is 2.36. The van der Waals surface area contributed by atoms with Crippen LogP contribution in [0.1, 0.15) is 5.76 Å². The molecule has 0 N–H and O–H groups in total. The molecule has 1 aliphatic heterocycles. The van der Waals surface area contributed by atoms with Crippen molar-refractivity contribution < 1.29 is 13.2 Å². The van der Waals surface area contributed by atoms with Crippen molar-refractivity contribution in [3.05, 3.63) is 70.9 Å². The average Bonchev–Trinajstić information content (AvgIpc) is 3.08. The highest BCUT2D eigenvalue weighted by atomic mass is 35.5. The molecule has 1 aromatic carbocycles. The van der Waals surface area contributed by atoms with Gasteiger partial charge in [0.05, 0.1) is 0 Å². The highest BCUT2D eigenvalue weighted by Gasteiger charge is 2.20. The third kappa shape index (κ3) is 5.59. The van der Waals surface area contributed by atoms with Crippen molar-refractivity contribution in [2.75, 3.05) is 37.6 Å². The van der Waals surface area contributed by atoms with Gasteiger partial charge in [-0.3, -0.25) is 4.90 Å². The van der Waals surface area contributed by atoms with Crippen LogP contribution < -0.4 is 10.7 Å². The molecule has 156 valence electrons. The van der Waals surface area contributed by atoms with Crippen molar-refractivity contribution in [3.63, 3.8) is 0 Å². The number of hydrogen-bond acceptors (Lipinski definition) is 6. The second-order valence-electron chi connectivity index (χ2n) is 6.48. The van der Waals surface area contributed by atoms with Crippen LogP contribution in [0, 0.1) is 5.82 Å². The summed E-state index contributed by atoms with van der Waals surface area (Å²) in [5.41, 5.74) is 0.636. The van der Waals surface area contributed by atoms with Gasteiger partial charge in [-0.2, -0.15) is 0 Å². The molecule has 0 spiro atoms. The first-order valence-corrected chi connectivity index (χ1v) is 8.96. The summed E-state index contributed by atoms with van der Waals surface area (Å²) < 4.78 is 23.5. The van der Waals surface area contributed by atoms with E-state index in [2.05, 4.69) is 14.8 Å². The van der Waals surface area contributed by atoms with Gasteiger partial charge in [0.15, 0.2) is 11.5 Å². The van der Waals surface area contributed by atoms with E-state index in [1.807, 2.05) is 18.2 Å². The minimum absolute atomic E-state index is 0. The number of halogens is 3. The molecule has 0 saturated carbocycles. The van der Waals surface area contributed by atoms with E-state index in [1.54, 1.807) is 18.3 Å². The Morgan fingerprint density at radius 2 is 1.69 bits per heavy atom. The van der Waals surface area contributed by atoms with Crippen LogP contribution in [0.15, 0.2) is 62.3 Å². The molecule has 1 aliphatic rings. The minimum Gasteiger partial charge on any atom is -0.395 e. The molecule has 0 radical (unpaired) electrons. The Kier molecular flexibility index (Phi) is 8.25. The van der Waals surface area contributed by atoms with E-state index >= 15 is 0 Å². The van der Waals surface area contributed by atoms with Crippen LogP contribution in [0.3, 0.4) is 0 Å². The number of anilines is 1. The highest BCUT2D eigenvalue weighted by Crippen LogP contribution is 2.24. The molecule has 6 nitrogen and oxygen atoms in total. The van der Waals surface area contributed by atoms with E-state index in [0.717, 1.165) is 38.5 Å². The Morgan fingerprint density at radius 3 is 2.34 bits per heavy atom. The van der Waals surface area contributed by atoms with Gasteiger partial charge >= 0.3 is 5.82 Å². The minimum atomic E-state index is -0.732. The zero-order chi connectivity index (χ0) is 18.6. The van der Waals surface area contributed by atoms with Crippen LogP contribution in [-0.4, -0.2) is 42.6 Å². The number of rotatable bonds is 5. The lowest BCUT2D eigenvalue weighted by Gasteiger charge is -2.35. The summed E-state index contributed by atoms with van der Waals surface area (Å²) in [7, 11) is 0. The van der Waals surface area contributed by atoms with Crippen LogP contribution in [0.2, 0.25) is 0 Å². The van der Waals surface area contributed by atoms with E-state index in [9.17, 15) is 9.18 Å². The topological polar surface area (TPSA) is 62.7 Å². The molecule has 4 rings (SSSR count). The summed E-state index contributed by atoms with van der Waals surface area (Å²) in [4.78, 5) is 20.5. The van der Waals surface area contributed by atoms with E-state index in [0.29, 0.717) is 23.5 Å². The first-order chi connectivity index (χ1) is 13.2. The number of nitrogens with zero attached hydrogens (tertiary/aromatic N) is 3. The third-order valence-electron chi connectivity index (χ3n) is 4.75. The average molecular weight is 442 g/mol. The fraction of sp³-hybridized carbons (Fsp3) is 0.300. The van der Waals surface area contributed by atoms with Gasteiger partial charge in [0.2, 0.25) is 0 Å². The maximum Gasteiger partial charge on any atom is 0.519 e. The van der Waals surface area contributed by atoms with Gasteiger partial charge in [-0.25, -0.2) is 14.2 Å². The Hall–Kier alpha value is -2.35. The normalized spacial score (nSPS) is 14.2. The van der Waals surface area contributed by atoms with Crippen LogP contribution in [0.5, 0.6) is 0 Å². The summed E-state index contributed by atoms with van der Waals surface area (Å²) in [5.74, 6) is 0.809. The lowest BCUT2D eigenvalue weighted by atomic mass is 10.1. The molecule has 29 heavy (non-hydrogen) atoms. The second-order valence-corrected chi connectivity index (χ2v) is 6.48. The van der Waals surface area contributed by atoms with Gasteiger partial charge in [0.1, 0.15) is 11.6 Å². The van der Waals surface area contributed by atoms with Crippen LogP contribution in [-0.2, 0) is 6.42 Å². The van der Waals surface area contributed by atoms with Gasteiger partial charge in [-0.05, 0) is 36.4 Å². The van der Waals surface area contributed by atoms with Crippen molar-refractivity contribution in [2.45, 2.75) is 6.42 Å². The molecule has 0 unspecified atom stereocenters. The van der Waals surface area contributed by atoms with Crippen LogP contribution >= 0.6 is 24.8 Å². The maximum absolute atomic E-state index is 13.1. The zero-order valence-electron chi connectivity index (χ0n) is 15.6. The molecule has 0 aliphatic carbocycles. The van der Waals surface area contributed by atoms with Crippen molar-refractivity contribution >= 4 is 30.6 Å². The molecule has 2 aromatic heterocycles. The van der Waals surface area contributed by atoms with Gasteiger partial charge in [0, 0.05) is 50.9 Å². The van der Waals surface area contributed by atoms with Crippen molar-refractivity contribution in [1.82, 2.24) is 9.88 Å².